The maximum Gasteiger partial charge on any atom is 0.423 e. The standard InChI is InChI=1S/C18H14F4N2O5/c19-10-1-4-12(5-2-10)29-9-17(26)8-14(16(17)25)23-11-3-6-15(24(27)28)13(7-11)18(20,21)22/h1-7,14,23,26H,8-9H2/t14?,17-/m0/s1. The van der Waals surface area contributed by atoms with Crippen LogP contribution in [0.3, 0.4) is 0 Å². The molecule has 0 saturated heterocycles. The summed E-state index contributed by atoms with van der Waals surface area (Å²) >= 11 is 0. The van der Waals surface area contributed by atoms with Gasteiger partial charge < -0.3 is 15.2 Å². The second kappa shape index (κ2) is 7.32. The molecule has 0 radical (unpaired) electrons. The number of carbonyl (C=O) groups excluding carboxylic acids is 1. The van der Waals surface area contributed by atoms with Gasteiger partial charge in [0.05, 0.1) is 11.0 Å². The number of ketones is 1. The molecule has 29 heavy (non-hydrogen) atoms. The molecule has 2 aromatic rings. The second-order valence-electron chi connectivity index (χ2n) is 6.53. The molecule has 1 aliphatic carbocycles. The Morgan fingerprint density at radius 3 is 2.45 bits per heavy atom. The van der Waals surface area contributed by atoms with E-state index in [0.29, 0.717) is 12.1 Å². The number of ether oxygens (including phenoxy) is 1. The van der Waals surface area contributed by atoms with Gasteiger partial charge >= 0.3 is 6.18 Å². The topological polar surface area (TPSA) is 102 Å². The maximum atomic E-state index is 13.0. The molecule has 0 aliphatic heterocycles. The van der Waals surface area contributed by atoms with Crippen LogP contribution in [0.2, 0.25) is 0 Å². The molecule has 11 heteroatoms. The van der Waals surface area contributed by atoms with E-state index in [1.807, 2.05) is 0 Å². The first-order chi connectivity index (χ1) is 13.5. The van der Waals surface area contributed by atoms with Crippen molar-refractivity contribution < 1.29 is 37.1 Å². The third-order valence-corrected chi connectivity index (χ3v) is 4.45. The highest BCUT2D eigenvalue weighted by Crippen LogP contribution is 2.39. The largest absolute Gasteiger partial charge is 0.490 e. The zero-order valence-electron chi connectivity index (χ0n) is 14.6. The fourth-order valence-corrected chi connectivity index (χ4v) is 2.92. The highest BCUT2D eigenvalue weighted by atomic mass is 19.4. The summed E-state index contributed by atoms with van der Waals surface area (Å²) in [7, 11) is 0. The van der Waals surface area contributed by atoms with E-state index < -0.39 is 52.2 Å². The van der Waals surface area contributed by atoms with Crippen molar-refractivity contribution in [1.29, 1.82) is 0 Å². The van der Waals surface area contributed by atoms with Crippen molar-refractivity contribution >= 4 is 17.2 Å². The van der Waals surface area contributed by atoms with Crippen LogP contribution in [0.15, 0.2) is 42.5 Å². The fourth-order valence-electron chi connectivity index (χ4n) is 2.92. The summed E-state index contributed by atoms with van der Waals surface area (Å²) in [6.07, 6.45) is -5.10. The lowest BCUT2D eigenvalue weighted by Crippen LogP contribution is -2.64. The van der Waals surface area contributed by atoms with Crippen molar-refractivity contribution in [1.82, 2.24) is 0 Å². The van der Waals surface area contributed by atoms with Crippen molar-refractivity contribution in [3.8, 4) is 5.75 Å². The molecule has 7 nitrogen and oxygen atoms in total. The molecule has 0 spiro atoms. The summed E-state index contributed by atoms with van der Waals surface area (Å²) in [5, 5.41) is 23.6. The zero-order chi connectivity index (χ0) is 21.4. The van der Waals surface area contributed by atoms with Gasteiger partial charge in [0.1, 0.15) is 23.7 Å². The first-order valence-electron chi connectivity index (χ1n) is 8.27. The summed E-state index contributed by atoms with van der Waals surface area (Å²) in [4.78, 5) is 21.9. The molecule has 0 aromatic heterocycles. The number of nitro groups is 1. The minimum atomic E-state index is -4.95. The van der Waals surface area contributed by atoms with Crippen molar-refractivity contribution in [3.05, 3.63) is 64.0 Å². The van der Waals surface area contributed by atoms with E-state index in [2.05, 4.69) is 5.32 Å². The monoisotopic (exact) mass is 414 g/mol. The summed E-state index contributed by atoms with van der Waals surface area (Å²) in [5.74, 6) is -0.956. The lowest BCUT2D eigenvalue weighted by atomic mass is 9.74. The Hall–Kier alpha value is -3.21. The van der Waals surface area contributed by atoms with E-state index in [-0.39, 0.29) is 17.9 Å². The summed E-state index contributed by atoms with van der Waals surface area (Å²) in [6, 6.07) is 6.20. The molecule has 2 aromatic carbocycles. The molecular formula is C18H14F4N2O5. The smallest absolute Gasteiger partial charge is 0.423 e. The van der Waals surface area contributed by atoms with Crippen molar-refractivity contribution in [3.63, 3.8) is 0 Å². The van der Waals surface area contributed by atoms with E-state index in [4.69, 9.17) is 4.74 Å². The van der Waals surface area contributed by atoms with Gasteiger partial charge in [-0.05, 0) is 36.4 Å². The van der Waals surface area contributed by atoms with Gasteiger partial charge in [0.25, 0.3) is 5.69 Å². The number of nitro benzene ring substituents is 1. The number of nitrogens with one attached hydrogen (secondary N) is 1. The quantitative estimate of drug-likeness (QED) is 0.427. The Labute approximate surface area is 161 Å². The minimum absolute atomic E-state index is 0.147. The normalized spacial score (nSPS) is 21.4. The number of Topliss-reactive ketones (excluding diaryl/α,β-unsaturated/α-hetero) is 1. The lowest BCUT2D eigenvalue weighted by Gasteiger charge is -2.41. The first-order valence-corrected chi connectivity index (χ1v) is 8.27. The summed E-state index contributed by atoms with van der Waals surface area (Å²) in [5.41, 5.74) is -4.55. The van der Waals surface area contributed by atoms with Gasteiger partial charge in [-0.15, -0.1) is 0 Å². The lowest BCUT2D eigenvalue weighted by molar-refractivity contribution is -0.388. The average molecular weight is 414 g/mol. The van der Waals surface area contributed by atoms with Gasteiger partial charge in [0, 0.05) is 18.2 Å². The van der Waals surface area contributed by atoms with Gasteiger partial charge in [-0.25, -0.2) is 4.39 Å². The number of hydrogen-bond acceptors (Lipinski definition) is 6. The van der Waals surface area contributed by atoms with Crippen LogP contribution >= 0.6 is 0 Å². The number of rotatable bonds is 6. The zero-order valence-corrected chi connectivity index (χ0v) is 14.6. The molecule has 2 N–H and O–H groups in total. The number of benzene rings is 2. The van der Waals surface area contributed by atoms with Crippen LogP contribution in [-0.2, 0) is 11.0 Å². The molecule has 154 valence electrons. The number of halogens is 4. The maximum absolute atomic E-state index is 13.0. The van der Waals surface area contributed by atoms with Crippen LogP contribution < -0.4 is 10.1 Å². The van der Waals surface area contributed by atoms with Crippen molar-refractivity contribution in [2.75, 3.05) is 11.9 Å². The van der Waals surface area contributed by atoms with Crippen molar-refractivity contribution in [2.24, 2.45) is 0 Å². The number of carbonyl (C=O) groups is 1. The Bertz CT molecular complexity index is 948. The fraction of sp³-hybridized carbons (Fsp3) is 0.278. The number of alkyl halides is 3. The van der Waals surface area contributed by atoms with Crippen LogP contribution in [0.4, 0.5) is 28.9 Å². The van der Waals surface area contributed by atoms with Crippen molar-refractivity contribution in [2.45, 2.75) is 24.2 Å². The van der Waals surface area contributed by atoms with Gasteiger partial charge in [-0.3, -0.25) is 14.9 Å². The van der Waals surface area contributed by atoms with E-state index in [1.54, 1.807) is 0 Å². The molecule has 1 unspecified atom stereocenters. The molecule has 0 bridgehead atoms. The van der Waals surface area contributed by atoms with Crippen LogP contribution in [0.5, 0.6) is 5.75 Å². The second-order valence-corrected chi connectivity index (χ2v) is 6.53. The van der Waals surface area contributed by atoms with Crippen LogP contribution in [-0.4, -0.2) is 34.1 Å². The Morgan fingerprint density at radius 2 is 1.90 bits per heavy atom. The van der Waals surface area contributed by atoms with E-state index in [9.17, 15) is 37.6 Å². The molecular weight excluding hydrogens is 400 g/mol. The third kappa shape index (κ3) is 4.29. The highest BCUT2D eigenvalue weighted by Gasteiger charge is 2.53. The molecule has 1 fully saturated rings. The SMILES string of the molecule is O=C1C(Nc2ccc([N+](=O)[O-])c(C(F)(F)F)c2)C[C@]1(O)COc1ccc(F)cc1. The average Bonchev–Trinajstić information content (AvgIpc) is 2.66. The molecule has 3 rings (SSSR count). The van der Waals surface area contributed by atoms with Gasteiger partial charge in [-0.2, -0.15) is 13.2 Å². The van der Waals surface area contributed by atoms with E-state index >= 15 is 0 Å². The first kappa shape index (κ1) is 20.5. The number of aliphatic hydroxyl groups is 1. The van der Waals surface area contributed by atoms with Crippen LogP contribution in [0, 0.1) is 15.9 Å². The molecule has 0 heterocycles. The minimum Gasteiger partial charge on any atom is -0.490 e. The predicted octanol–water partition coefficient (Wildman–Crippen LogP) is 3.32. The molecule has 1 saturated carbocycles. The van der Waals surface area contributed by atoms with Crippen LogP contribution in [0.25, 0.3) is 0 Å². The Kier molecular flexibility index (Phi) is 5.18. The van der Waals surface area contributed by atoms with E-state index in [1.165, 1.54) is 12.1 Å². The van der Waals surface area contributed by atoms with Gasteiger partial charge in [0.15, 0.2) is 11.4 Å². The summed E-state index contributed by atoms with van der Waals surface area (Å²) in [6.45, 7) is -0.413. The molecule has 2 atom stereocenters. The molecule has 0 amide bonds. The Morgan fingerprint density at radius 1 is 1.24 bits per heavy atom. The Balaban J connectivity index is 1.66. The third-order valence-electron chi connectivity index (χ3n) is 4.45. The predicted molar refractivity (Wildman–Crippen MR) is 92.0 cm³/mol. The number of anilines is 1. The number of hydrogen-bond donors (Lipinski definition) is 2. The number of nitrogens with zero attached hydrogens (tertiary/aromatic N) is 1. The van der Waals surface area contributed by atoms with Gasteiger partial charge in [-0.1, -0.05) is 0 Å². The highest BCUT2D eigenvalue weighted by molar-refractivity contribution is 6.00. The van der Waals surface area contributed by atoms with Gasteiger partial charge in [0.2, 0.25) is 0 Å². The van der Waals surface area contributed by atoms with E-state index in [0.717, 1.165) is 18.2 Å². The van der Waals surface area contributed by atoms with Crippen LogP contribution in [0.1, 0.15) is 12.0 Å². The summed E-state index contributed by atoms with van der Waals surface area (Å²) < 4.78 is 57.2. The molecule has 1 aliphatic rings.